The predicted octanol–water partition coefficient (Wildman–Crippen LogP) is 3.81. The van der Waals surface area contributed by atoms with Crippen LogP contribution in [0.2, 0.25) is 0 Å². The van der Waals surface area contributed by atoms with E-state index in [9.17, 15) is 19.1 Å². The average Bonchev–Trinajstić information content (AvgIpc) is 3.55. The smallest absolute Gasteiger partial charge is 0.408 e. The Bertz CT molecular complexity index is 1520. The number of fused-ring (bicyclic) bond motifs is 1. The number of anilines is 3. The van der Waals surface area contributed by atoms with Crippen LogP contribution >= 0.6 is 0 Å². The van der Waals surface area contributed by atoms with Gasteiger partial charge in [-0.1, -0.05) is 12.1 Å². The Morgan fingerprint density at radius 3 is 2.42 bits per heavy atom. The lowest BCUT2D eigenvalue weighted by atomic mass is 9.97. The van der Waals surface area contributed by atoms with E-state index in [1.54, 1.807) is 30.2 Å². The summed E-state index contributed by atoms with van der Waals surface area (Å²) in [4.78, 5) is 35.7. The number of aromatic nitrogens is 5. The predicted molar refractivity (Wildman–Crippen MR) is 147 cm³/mol. The Morgan fingerprint density at radius 1 is 1.12 bits per heavy atom. The summed E-state index contributed by atoms with van der Waals surface area (Å²) in [6, 6.07) is 9.94. The zero-order chi connectivity index (χ0) is 28.6. The number of halogens is 1. The number of rotatable bonds is 6. The number of benzene rings is 1. The minimum Gasteiger partial charge on any atom is -0.465 e. The highest BCUT2D eigenvalue weighted by Gasteiger charge is 2.41. The molecule has 1 fully saturated rings. The molecule has 210 valence electrons. The molecule has 0 unspecified atom stereocenters. The number of nitrogens with one attached hydrogen (secondary N) is 2. The number of amides is 2. The van der Waals surface area contributed by atoms with Crippen molar-refractivity contribution in [1.82, 2.24) is 34.6 Å². The fourth-order valence-electron chi connectivity index (χ4n) is 4.88. The van der Waals surface area contributed by atoms with E-state index in [2.05, 4.69) is 20.6 Å². The maximum absolute atomic E-state index is 13.9. The minimum absolute atomic E-state index is 0.336. The number of aromatic amines is 1. The molecule has 40 heavy (non-hydrogen) atoms. The van der Waals surface area contributed by atoms with Crippen LogP contribution in [-0.2, 0) is 4.79 Å². The lowest BCUT2D eigenvalue weighted by Gasteiger charge is -2.42. The topological polar surface area (TPSA) is 135 Å². The summed E-state index contributed by atoms with van der Waals surface area (Å²) in [6.45, 7) is 8.66. The minimum atomic E-state index is -1.23. The van der Waals surface area contributed by atoms with Crippen molar-refractivity contribution in [3.8, 4) is 0 Å². The number of hydrogen-bond donors (Lipinski definition) is 3. The van der Waals surface area contributed by atoms with E-state index in [-0.39, 0.29) is 5.91 Å². The van der Waals surface area contributed by atoms with Gasteiger partial charge in [0.2, 0.25) is 11.9 Å². The van der Waals surface area contributed by atoms with Gasteiger partial charge in [0.05, 0.1) is 0 Å². The first-order valence-corrected chi connectivity index (χ1v) is 13.0. The molecule has 1 aliphatic heterocycles. The van der Waals surface area contributed by atoms with Crippen molar-refractivity contribution in [1.29, 1.82) is 0 Å². The molecule has 1 atom stereocenters. The van der Waals surface area contributed by atoms with Gasteiger partial charge in [-0.05, 0) is 57.5 Å². The Hall–Kier alpha value is -4.68. The molecule has 0 spiro atoms. The molecule has 1 aromatic carbocycles. The van der Waals surface area contributed by atoms with Gasteiger partial charge in [0, 0.05) is 49.7 Å². The van der Waals surface area contributed by atoms with Gasteiger partial charge in [-0.2, -0.15) is 10.1 Å². The normalized spacial score (nSPS) is 14.8. The lowest BCUT2D eigenvalue weighted by Crippen LogP contribution is -2.56. The number of hydrogen-bond acceptors (Lipinski definition) is 7. The second kappa shape index (κ2) is 10.5. The van der Waals surface area contributed by atoms with Gasteiger partial charge < -0.3 is 20.2 Å². The maximum Gasteiger partial charge on any atom is 0.408 e. The molecule has 0 aliphatic carbocycles. The van der Waals surface area contributed by atoms with Crippen LogP contribution in [-0.4, -0.2) is 83.4 Å². The molecule has 0 bridgehead atoms. The fraction of sp³-hybridized carbons (Fsp3) is 0.370. The van der Waals surface area contributed by atoms with E-state index >= 15 is 0 Å². The largest absolute Gasteiger partial charge is 0.465 e. The van der Waals surface area contributed by atoms with Gasteiger partial charge in [-0.3, -0.25) is 14.8 Å². The number of carbonyl (C=O) groups is 2. The number of aryl methyl sites for hydroxylation is 1. The van der Waals surface area contributed by atoms with Gasteiger partial charge in [0.25, 0.3) is 0 Å². The van der Waals surface area contributed by atoms with Crippen molar-refractivity contribution in [2.75, 3.05) is 36.4 Å². The summed E-state index contributed by atoms with van der Waals surface area (Å²) in [5.41, 5.74) is 1.24. The third kappa shape index (κ3) is 5.40. The van der Waals surface area contributed by atoms with Gasteiger partial charge in [0.1, 0.15) is 17.4 Å². The number of piperazine rings is 1. The molecule has 4 heterocycles. The molecule has 4 aromatic rings. The van der Waals surface area contributed by atoms with Crippen LogP contribution < -0.4 is 10.2 Å². The lowest BCUT2D eigenvalue weighted by molar-refractivity contribution is -0.138. The third-order valence-electron chi connectivity index (χ3n) is 6.81. The summed E-state index contributed by atoms with van der Waals surface area (Å²) >= 11 is 0. The first-order chi connectivity index (χ1) is 19.0. The molecule has 0 saturated carbocycles. The monoisotopic (exact) mass is 549 g/mol. The van der Waals surface area contributed by atoms with Crippen LogP contribution in [0, 0.1) is 12.7 Å². The number of carbonyl (C=O) groups excluding carboxylic acids is 1. The zero-order valence-corrected chi connectivity index (χ0v) is 22.8. The van der Waals surface area contributed by atoms with Crippen LogP contribution in [0.15, 0.2) is 48.7 Å². The molecule has 3 aromatic heterocycles. The molecule has 1 saturated heterocycles. The van der Waals surface area contributed by atoms with Gasteiger partial charge >= 0.3 is 6.09 Å². The van der Waals surface area contributed by atoms with E-state index < -0.39 is 23.5 Å². The Kier molecular flexibility index (Phi) is 7.04. The van der Waals surface area contributed by atoms with Gasteiger partial charge in [-0.15, -0.1) is 5.10 Å². The maximum atomic E-state index is 13.9. The van der Waals surface area contributed by atoms with Crippen molar-refractivity contribution in [2.45, 2.75) is 39.3 Å². The standard InChI is InChI=1S/C27H32FN9O3/c1-17-16-21(32-31-17)29-23-20-6-5-11-36(20)33-25(30-23)35-14-12-34(13-15-35)24(38)22(18-7-9-19(28)10-8-18)37(26(39)40)27(2,3)4/h5-11,16,22H,12-15H2,1-4H3,(H,39,40)(H2,29,30,31,32,33)/t22-/m0/s1. The first kappa shape index (κ1) is 26.9. The van der Waals surface area contributed by atoms with Crippen LogP contribution in [0.3, 0.4) is 0 Å². The van der Waals surface area contributed by atoms with Crippen LogP contribution in [0.4, 0.5) is 26.8 Å². The highest BCUT2D eigenvalue weighted by molar-refractivity contribution is 5.87. The number of nitrogens with zero attached hydrogens (tertiary/aromatic N) is 7. The van der Waals surface area contributed by atoms with Gasteiger partial charge in [-0.25, -0.2) is 13.7 Å². The first-order valence-electron chi connectivity index (χ1n) is 13.0. The molecular weight excluding hydrogens is 517 g/mol. The Balaban J connectivity index is 1.37. The number of H-pyrrole nitrogens is 1. The SMILES string of the molecule is Cc1cc(Nc2nc(N3CCN(C(=O)[C@H](c4ccc(F)cc4)N(C(=O)O)C(C)(C)C)CC3)nn3cccc23)n[nH]1. The fourth-order valence-corrected chi connectivity index (χ4v) is 4.88. The van der Waals surface area contributed by atoms with E-state index in [0.717, 1.165) is 16.1 Å². The van der Waals surface area contributed by atoms with Crippen molar-refractivity contribution in [3.05, 3.63) is 65.7 Å². The quantitative estimate of drug-likeness (QED) is 0.331. The van der Waals surface area contributed by atoms with Crippen molar-refractivity contribution in [3.63, 3.8) is 0 Å². The van der Waals surface area contributed by atoms with Crippen molar-refractivity contribution < 1.29 is 19.1 Å². The van der Waals surface area contributed by atoms with Crippen molar-refractivity contribution in [2.24, 2.45) is 0 Å². The Labute approximate surface area is 230 Å². The van der Waals surface area contributed by atoms with E-state index in [1.165, 1.54) is 24.3 Å². The van der Waals surface area contributed by atoms with Crippen molar-refractivity contribution >= 4 is 35.1 Å². The third-order valence-corrected chi connectivity index (χ3v) is 6.81. The highest BCUT2D eigenvalue weighted by atomic mass is 19.1. The second-order valence-electron chi connectivity index (χ2n) is 10.7. The molecule has 13 heteroatoms. The summed E-state index contributed by atoms with van der Waals surface area (Å²) in [7, 11) is 0. The van der Waals surface area contributed by atoms with Gasteiger partial charge in [0.15, 0.2) is 11.6 Å². The number of carboxylic acid groups (broad SMARTS) is 1. The van der Waals surface area contributed by atoms with Crippen LogP contribution in [0.1, 0.15) is 38.1 Å². The summed E-state index contributed by atoms with van der Waals surface area (Å²) < 4.78 is 15.4. The van der Waals surface area contributed by atoms with E-state index in [1.807, 2.05) is 36.2 Å². The van der Waals surface area contributed by atoms with E-state index in [4.69, 9.17) is 4.98 Å². The molecule has 2 amide bonds. The van der Waals surface area contributed by atoms with Crippen LogP contribution in [0.25, 0.3) is 5.52 Å². The summed E-state index contributed by atoms with van der Waals surface area (Å²) in [5.74, 6) is 0.897. The van der Waals surface area contributed by atoms with E-state index in [0.29, 0.717) is 49.3 Å². The molecule has 3 N–H and O–H groups in total. The molecule has 12 nitrogen and oxygen atoms in total. The average molecular weight is 550 g/mol. The molecule has 0 radical (unpaired) electrons. The van der Waals surface area contributed by atoms with Crippen LogP contribution in [0.5, 0.6) is 0 Å². The zero-order valence-electron chi connectivity index (χ0n) is 22.8. The Morgan fingerprint density at radius 2 is 1.82 bits per heavy atom. The summed E-state index contributed by atoms with van der Waals surface area (Å²) in [5, 5.41) is 25.1. The highest BCUT2D eigenvalue weighted by Crippen LogP contribution is 2.31. The summed E-state index contributed by atoms with van der Waals surface area (Å²) in [6.07, 6.45) is 0.607. The molecular formula is C27H32FN9O3. The second-order valence-corrected chi connectivity index (χ2v) is 10.7. The molecule has 5 rings (SSSR count). The molecule has 1 aliphatic rings.